The Kier molecular flexibility index (Phi) is 5.53. The monoisotopic (exact) mass is 354 g/mol. The summed E-state index contributed by atoms with van der Waals surface area (Å²) in [6.07, 6.45) is 1.39. The number of halogens is 2. The fraction of sp³-hybridized carbons (Fsp3) is 0.438. The predicted octanol–water partition coefficient (Wildman–Crippen LogP) is 3.69. The van der Waals surface area contributed by atoms with E-state index < -0.39 is 0 Å². The number of aryl methyl sites for hydroxylation is 2. The fourth-order valence-corrected chi connectivity index (χ4v) is 3.25. The highest BCUT2D eigenvalue weighted by Gasteiger charge is 2.21. The Morgan fingerprint density at radius 1 is 1.33 bits per heavy atom. The molecule has 1 heterocycles. The molecule has 1 N–H and O–H groups in total. The second kappa shape index (κ2) is 7.18. The summed E-state index contributed by atoms with van der Waals surface area (Å²) in [5.74, 6) is -0.542. The van der Waals surface area contributed by atoms with E-state index >= 15 is 0 Å². The van der Waals surface area contributed by atoms with Gasteiger partial charge in [-0.05, 0) is 47.3 Å². The van der Waals surface area contributed by atoms with E-state index in [4.69, 9.17) is 0 Å². The Hall–Kier alpha value is -1.20. The van der Waals surface area contributed by atoms with Gasteiger partial charge >= 0.3 is 0 Å². The highest BCUT2D eigenvalue weighted by Crippen LogP contribution is 2.29. The van der Waals surface area contributed by atoms with Gasteiger partial charge in [0.15, 0.2) is 0 Å². The van der Waals surface area contributed by atoms with Crippen LogP contribution < -0.4 is 0 Å². The van der Waals surface area contributed by atoms with Crippen LogP contribution >= 0.6 is 15.9 Å². The molecule has 1 unspecified atom stereocenters. The summed E-state index contributed by atoms with van der Waals surface area (Å²) in [5.41, 5.74) is 2.56. The van der Waals surface area contributed by atoms with Crippen LogP contribution in [0.4, 0.5) is 4.39 Å². The molecule has 1 aromatic carbocycles. The molecular weight excluding hydrogens is 335 g/mol. The lowest BCUT2D eigenvalue weighted by Crippen LogP contribution is -2.13. The van der Waals surface area contributed by atoms with Crippen LogP contribution in [0, 0.1) is 5.82 Å². The molecule has 0 saturated carbocycles. The number of aliphatic hydroxyl groups is 1. The van der Waals surface area contributed by atoms with Crippen molar-refractivity contribution in [2.75, 3.05) is 6.61 Å². The van der Waals surface area contributed by atoms with Crippen molar-refractivity contribution in [3.8, 4) is 0 Å². The van der Waals surface area contributed by atoms with E-state index in [-0.39, 0.29) is 18.3 Å². The van der Waals surface area contributed by atoms with Crippen molar-refractivity contribution >= 4 is 15.9 Å². The van der Waals surface area contributed by atoms with Gasteiger partial charge in [0, 0.05) is 12.5 Å². The van der Waals surface area contributed by atoms with Crippen LogP contribution in [0.1, 0.15) is 36.7 Å². The SMILES string of the molecule is CCc1nn(CC)c(CC(CO)c2ccccc2F)c1Br. The van der Waals surface area contributed by atoms with Gasteiger partial charge in [0.25, 0.3) is 0 Å². The van der Waals surface area contributed by atoms with Crippen LogP contribution in [0.5, 0.6) is 0 Å². The predicted molar refractivity (Wildman–Crippen MR) is 84.9 cm³/mol. The molecule has 5 heteroatoms. The van der Waals surface area contributed by atoms with Crippen LogP contribution in [0.25, 0.3) is 0 Å². The van der Waals surface area contributed by atoms with Crippen LogP contribution in [-0.4, -0.2) is 21.5 Å². The number of nitrogens with zero attached hydrogens (tertiary/aromatic N) is 2. The lowest BCUT2D eigenvalue weighted by molar-refractivity contribution is 0.260. The van der Waals surface area contributed by atoms with Crippen molar-refractivity contribution in [3.63, 3.8) is 0 Å². The Bertz CT molecular complexity index is 612. The lowest BCUT2D eigenvalue weighted by atomic mass is 9.94. The molecule has 2 rings (SSSR count). The summed E-state index contributed by atoms with van der Waals surface area (Å²) >= 11 is 3.59. The maximum atomic E-state index is 13.9. The molecule has 0 saturated heterocycles. The summed E-state index contributed by atoms with van der Waals surface area (Å²) in [5, 5.41) is 14.2. The first kappa shape index (κ1) is 16.2. The van der Waals surface area contributed by atoms with E-state index in [1.807, 2.05) is 11.6 Å². The Morgan fingerprint density at radius 2 is 2.05 bits per heavy atom. The van der Waals surface area contributed by atoms with E-state index in [2.05, 4.69) is 28.0 Å². The minimum absolute atomic E-state index is 0.0935. The average Bonchev–Trinajstić information content (AvgIpc) is 2.81. The number of aromatic nitrogens is 2. The first-order chi connectivity index (χ1) is 10.1. The van der Waals surface area contributed by atoms with Gasteiger partial charge in [-0.15, -0.1) is 0 Å². The third-order valence-corrected chi connectivity index (χ3v) is 4.61. The lowest BCUT2D eigenvalue weighted by Gasteiger charge is -2.16. The molecule has 1 aromatic heterocycles. The first-order valence-electron chi connectivity index (χ1n) is 7.21. The molecule has 0 amide bonds. The Morgan fingerprint density at radius 3 is 2.62 bits per heavy atom. The quantitative estimate of drug-likeness (QED) is 0.858. The first-order valence-corrected chi connectivity index (χ1v) is 8.00. The van der Waals surface area contributed by atoms with Gasteiger partial charge in [-0.2, -0.15) is 5.10 Å². The normalized spacial score (nSPS) is 12.6. The maximum absolute atomic E-state index is 13.9. The van der Waals surface area contributed by atoms with E-state index in [1.54, 1.807) is 18.2 Å². The van der Waals surface area contributed by atoms with Crippen LogP contribution in [0.2, 0.25) is 0 Å². The second-order valence-corrected chi connectivity index (χ2v) is 5.77. The van der Waals surface area contributed by atoms with Crippen molar-refractivity contribution in [2.45, 2.75) is 39.2 Å². The molecule has 21 heavy (non-hydrogen) atoms. The molecule has 0 aliphatic heterocycles. The average molecular weight is 355 g/mol. The summed E-state index contributed by atoms with van der Waals surface area (Å²) < 4.78 is 16.8. The van der Waals surface area contributed by atoms with E-state index in [9.17, 15) is 9.50 Å². The topological polar surface area (TPSA) is 38.0 Å². The summed E-state index contributed by atoms with van der Waals surface area (Å²) in [6.45, 7) is 4.74. The minimum Gasteiger partial charge on any atom is -0.396 e. The molecule has 114 valence electrons. The Balaban J connectivity index is 2.35. The van der Waals surface area contributed by atoms with Crippen molar-refractivity contribution in [1.82, 2.24) is 9.78 Å². The molecule has 0 fully saturated rings. The number of rotatable bonds is 6. The van der Waals surface area contributed by atoms with Gasteiger partial charge in [-0.25, -0.2) is 4.39 Å². The van der Waals surface area contributed by atoms with Crippen molar-refractivity contribution < 1.29 is 9.50 Å². The summed E-state index contributed by atoms with van der Waals surface area (Å²) in [4.78, 5) is 0. The molecule has 2 aromatic rings. The smallest absolute Gasteiger partial charge is 0.126 e. The van der Waals surface area contributed by atoms with Crippen molar-refractivity contribution in [2.24, 2.45) is 0 Å². The Labute approximate surface area is 132 Å². The number of aliphatic hydroxyl groups excluding tert-OH is 1. The summed E-state index contributed by atoms with van der Waals surface area (Å²) in [7, 11) is 0. The van der Waals surface area contributed by atoms with E-state index in [0.717, 1.165) is 28.8 Å². The van der Waals surface area contributed by atoms with Crippen molar-refractivity contribution in [1.29, 1.82) is 0 Å². The fourth-order valence-electron chi connectivity index (χ4n) is 2.52. The van der Waals surface area contributed by atoms with Gasteiger partial charge < -0.3 is 5.11 Å². The molecule has 1 atom stereocenters. The number of benzene rings is 1. The molecule has 0 aliphatic rings. The van der Waals surface area contributed by atoms with Gasteiger partial charge in [-0.3, -0.25) is 4.68 Å². The highest BCUT2D eigenvalue weighted by molar-refractivity contribution is 9.10. The molecule has 0 spiro atoms. The second-order valence-electron chi connectivity index (χ2n) is 4.98. The van der Waals surface area contributed by atoms with Gasteiger partial charge in [0.1, 0.15) is 5.82 Å². The van der Waals surface area contributed by atoms with Crippen molar-refractivity contribution in [3.05, 3.63) is 51.5 Å². The third-order valence-electron chi connectivity index (χ3n) is 3.70. The van der Waals surface area contributed by atoms with Gasteiger partial charge in [0.05, 0.1) is 22.5 Å². The maximum Gasteiger partial charge on any atom is 0.126 e. The van der Waals surface area contributed by atoms with Crippen LogP contribution in [0.3, 0.4) is 0 Å². The number of hydrogen-bond acceptors (Lipinski definition) is 2. The highest BCUT2D eigenvalue weighted by atomic mass is 79.9. The molecule has 0 bridgehead atoms. The molecule has 0 radical (unpaired) electrons. The van der Waals surface area contributed by atoms with Crippen LogP contribution in [0.15, 0.2) is 28.7 Å². The third kappa shape index (κ3) is 3.35. The van der Waals surface area contributed by atoms with E-state index in [1.165, 1.54) is 6.07 Å². The van der Waals surface area contributed by atoms with Gasteiger partial charge in [-0.1, -0.05) is 25.1 Å². The zero-order chi connectivity index (χ0) is 15.4. The molecule has 0 aliphatic carbocycles. The summed E-state index contributed by atoms with van der Waals surface area (Å²) in [6, 6.07) is 6.62. The standard InChI is InChI=1S/C16H20BrFN2O/c1-3-14-16(17)15(20(4-2)19-14)9-11(10-21)12-7-5-6-8-13(12)18/h5-8,11,21H,3-4,9-10H2,1-2H3. The zero-order valence-corrected chi connectivity index (χ0v) is 13.9. The van der Waals surface area contributed by atoms with E-state index in [0.29, 0.717) is 12.0 Å². The minimum atomic E-state index is -0.272. The zero-order valence-electron chi connectivity index (χ0n) is 12.3. The molecular formula is C16H20BrFN2O. The van der Waals surface area contributed by atoms with Gasteiger partial charge in [0.2, 0.25) is 0 Å². The molecule has 3 nitrogen and oxygen atoms in total. The number of hydrogen-bond donors (Lipinski definition) is 1. The van der Waals surface area contributed by atoms with Crippen LogP contribution in [-0.2, 0) is 19.4 Å². The largest absolute Gasteiger partial charge is 0.396 e.